The number of carbonyl (C=O) groups excluding carboxylic acids is 2. The Kier molecular flexibility index (Phi) is 5.95. The predicted octanol–water partition coefficient (Wildman–Crippen LogP) is -0.0360. The Hall–Kier alpha value is -1.24. The van der Waals surface area contributed by atoms with Crippen LogP contribution in [0.1, 0.15) is 17.3 Å². The fraction of sp³-hybridized carbons (Fsp3) is 0.385. The lowest BCUT2D eigenvalue weighted by Crippen LogP contribution is -2.48. The predicted molar refractivity (Wildman–Crippen MR) is 90.6 cm³/mol. The van der Waals surface area contributed by atoms with Crippen LogP contribution in [0.5, 0.6) is 0 Å². The second kappa shape index (κ2) is 7.55. The summed E-state index contributed by atoms with van der Waals surface area (Å²) in [6.07, 6.45) is 0. The van der Waals surface area contributed by atoms with Gasteiger partial charge in [-0.25, -0.2) is 18.6 Å². The molecule has 3 N–H and O–H groups in total. The molecule has 0 radical (unpaired) electrons. The summed E-state index contributed by atoms with van der Waals surface area (Å²) < 4.78 is 32.5. The van der Waals surface area contributed by atoms with Crippen molar-refractivity contribution in [2.45, 2.75) is 12.3 Å². The van der Waals surface area contributed by atoms with Crippen molar-refractivity contribution in [1.29, 1.82) is 0 Å². The molecule has 0 saturated carbocycles. The van der Waals surface area contributed by atoms with Crippen LogP contribution in [0.2, 0.25) is 0 Å². The third-order valence-electron chi connectivity index (χ3n) is 3.20. The summed E-state index contributed by atoms with van der Waals surface area (Å²) in [4.78, 5) is 23.9. The lowest BCUT2D eigenvalue weighted by molar-refractivity contribution is -0.147. The minimum Gasteiger partial charge on any atom is -0.466 e. The molecule has 8 nitrogen and oxygen atoms in total. The number of esters is 1. The van der Waals surface area contributed by atoms with Crippen LogP contribution in [0.25, 0.3) is 0 Å². The average molecular weight is 453 g/mol. The first-order valence-corrected chi connectivity index (χ1v) is 9.44. The van der Waals surface area contributed by atoms with Crippen LogP contribution in [0.15, 0.2) is 24.3 Å². The van der Waals surface area contributed by atoms with Gasteiger partial charge in [0.25, 0.3) is 15.9 Å². The van der Waals surface area contributed by atoms with Gasteiger partial charge in [0.15, 0.2) is 5.37 Å². The topological polar surface area (TPSA) is 114 Å². The Morgan fingerprint density at radius 3 is 2.61 bits per heavy atom. The Balaban J connectivity index is 2.12. The Morgan fingerprint density at radius 1 is 1.35 bits per heavy atom. The third kappa shape index (κ3) is 4.40. The molecule has 1 saturated heterocycles. The lowest BCUT2D eigenvalue weighted by Gasteiger charge is -2.18. The molecule has 0 aliphatic carbocycles. The van der Waals surface area contributed by atoms with Crippen molar-refractivity contribution >= 4 is 44.5 Å². The normalized spacial score (nSPS) is 21.0. The molecule has 0 aromatic heterocycles. The quantitative estimate of drug-likeness (QED) is 0.424. The molecular formula is C13H16IN3O5S. The zero-order chi connectivity index (χ0) is 17.0. The molecule has 126 valence electrons. The number of benzene rings is 1. The van der Waals surface area contributed by atoms with Gasteiger partial charge < -0.3 is 4.74 Å². The molecule has 1 heterocycles. The highest BCUT2D eigenvalue weighted by Crippen LogP contribution is 2.16. The molecular weight excluding hydrogens is 437 g/mol. The number of carbonyl (C=O) groups is 2. The number of hydrogen-bond acceptors (Lipinski definition) is 7. The minimum absolute atomic E-state index is 0.0993. The maximum atomic E-state index is 12.4. The number of nitrogens with one attached hydrogen (secondary N) is 3. The van der Waals surface area contributed by atoms with Crippen LogP contribution >= 0.6 is 22.6 Å². The number of rotatable bonds is 5. The summed E-state index contributed by atoms with van der Waals surface area (Å²) in [7, 11) is -4.11. The van der Waals surface area contributed by atoms with E-state index in [4.69, 9.17) is 4.74 Å². The molecule has 2 rings (SSSR count). The zero-order valence-corrected chi connectivity index (χ0v) is 15.2. The zero-order valence-electron chi connectivity index (χ0n) is 12.2. The Labute approximate surface area is 147 Å². The first kappa shape index (κ1) is 18.1. The SMILES string of the molecule is CCOC(=O)C1CNNC1S(=O)(=O)NC(=O)c1ccc(I)cc1. The van der Waals surface area contributed by atoms with E-state index in [1.165, 1.54) is 12.1 Å². The van der Waals surface area contributed by atoms with Crippen molar-refractivity contribution in [3.05, 3.63) is 33.4 Å². The highest BCUT2D eigenvalue weighted by molar-refractivity contribution is 14.1. The van der Waals surface area contributed by atoms with E-state index in [0.717, 1.165) is 3.57 Å². The van der Waals surface area contributed by atoms with E-state index < -0.39 is 33.2 Å². The largest absolute Gasteiger partial charge is 0.466 e. The molecule has 2 unspecified atom stereocenters. The molecule has 1 amide bonds. The van der Waals surface area contributed by atoms with Crippen molar-refractivity contribution in [2.75, 3.05) is 13.2 Å². The van der Waals surface area contributed by atoms with Crippen molar-refractivity contribution in [3.8, 4) is 0 Å². The second-order valence-corrected chi connectivity index (χ2v) is 7.84. The Morgan fingerprint density at radius 2 is 2.00 bits per heavy atom. The molecule has 1 aliphatic heterocycles. The summed E-state index contributed by atoms with van der Waals surface area (Å²) in [5.74, 6) is -2.32. The monoisotopic (exact) mass is 453 g/mol. The molecule has 23 heavy (non-hydrogen) atoms. The van der Waals surface area contributed by atoms with Gasteiger partial charge in [-0.3, -0.25) is 15.0 Å². The van der Waals surface area contributed by atoms with E-state index in [1.54, 1.807) is 19.1 Å². The number of sulfonamides is 1. The first-order chi connectivity index (χ1) is 10.8. The summed E-state index contributed by atoms with van der Waals surface area (Å²) in [5.41, 5.74) is 5.32. The van der Waals surface area contributed by atoms with Crippen molar-refractivity contribution < 1.29 is 22.7 Å². The molecule has 1 aliphatic rings. The van der Waals surface area contributed by atoms with Gasteiger partial charge in [0.2, 0.25) is 0 Å². The number of ether oxygens (including phenoxy) is 1. The summed E-state index contributed by atoms with van der Waals surface area (Å²) in [5, 5.41) is -1.28. The highest BCUT2D eigenvalue weighted by Gasteiger charge is 2.43. The van der Waals surface area contributed by atoms with Gasteiger partial charge in [-0.05, 0) is 53.8 Å². The minimum atomic E-state index is -4.11. The fourth-order valence-corrected chi connectivity index (χ4v) is 3.82. The Bertz CT molecular complexity index is 692. The standard InChI is InChI=1S/C13H16IN3O5S/c1-2-22-13(19)10-7-15-16-12(10)23(20,21)17-11(18)8-3-5-9(14)6-4-8/h3-6,10,12,15-16H,2,7H2,1H3,(H,17,18). The van der Waals surface area contributed by atoms with Gasteiger partial charge in [0.1, 0.15) is 5.92 Å². The van der Waals surface area contributed by atoms with Crippen LogP contribution in [0.3, 0.4) is 0 Å². The first-order valence-electron chi connectivity index (χ1n) is 6.81. The van der Waals surface area contributed by atoms with Crippen LogP contribution in [-0.2, 0) is 19.6 Å². The number of amides is 1. The third-order valence-corrected chi connectivity index (χ3v) is 5.50. The molecule has 1 aromatic rings. The number of hydrazine groups is 1. The number of hydrogen-bond donors (Lipinski definition) is 3. The second-order valence-electron chi connectivity index (χ2n) is 4.79. The van der Waals surface area contributed by atoms with Crippen LogP contribution < -0.4 is 15.6 Å². The number of halogens is 1. The summed E-state index contributed by atoms with van der Waals surface area (Å²) >= 11 is 2.08. The molecule has 2 atom stereocenters. The van der Waals surface area contributed by atoms with Gasteiger partial charge in [-0.2, -0.15) is 0 Å². The van der Waals surface area contributed by atoms with Gasteiger partial charge in [0.05, 0.1) is 6.61 Å². The van der Waals surface area contributed by atoms with E-state index in [0.29, 0.717) is 0 Å². The van der Waals surface area contributed by atoms with Crippen molar-refractivity contribution in [2.24, 2.45) is 5.92 Å². The van der Waals surface area contributed by atoms with Crippen molar-refractivity contribution in [1.82, 2.24) is 15.6 Å². The van der Waals surface area contributed by atoms with Crippen LogP contribution in [0.4, 0.5) is 0 Å². The molecule has 10 heteroatoms. The van der Waals surface area contributed by atoms with E-state index in [9.17, 15) is 18.0 Å². The van der Waals surface area contributed by atoms with E-state index in [-0.39, 0.29) is 18.7 Å². The molecule has 0 spiro atoms. The molecule has 0 bridgehead atoms. The lowest BCUT2D eigenvalue weighted by atomic mass is 10.2. The van der Waals surface area contributed by atoms with E-state index >= 15 is 0 Å². The molecule has 1 aromatic carbocycles. The average Bonchev–Trinajstić information content (AvgIpc) is 2.98. The maximum absolute atomic E-state index is 12.4. The van der Waals surface area contributed by atoms with Crippen LogP contribution in [-0.4, -0.2) is 38.8 Å². The summed E-state index contributed by atoms with van der Waals surface area (Å²) in [6, 6.07) is 6.43. The van der Waals surface area contributed by atoms with Gasteiger partial charge in [0, 0.05) is 15.7 Å². The van der Waals surface area contributed by atoms with Gasteiger partial charge in [-0.15, -0.1) is 0 Å². The van der Waals surface area contributed by atoms with E-state index in [2.05, 4.69) is 33.4 Å². The fourth-order valence-electron chi connectivity index (χ4n) is 2.08. The van der Waals surface area contributed by atoms with Gasteiger partial charge >= 0.3 is 5.97 Å². The van der Waals surface area contributed by atoms with Crippen LogP contribution in [0, 0.1) is 9.49 Å². The molecule has 1 fully saturated rings. The van der Waals surface area contributed by atoms with Crippen molar-refractivity contribution in [3.63, 3.8) is 0 Å². The van der Waals surface area contributed by atoms with Gasteiger partial charge in [-0.1, -0.05) is 0 Å². The summed E-state index contributed by atoms with van der Waals surface area (Å²) in [6.45, 7) is 1.88. The smallest absolute Gasteiger partial charge is 0.313 e. The maximum Gasteiger partial charge on any atom is 0.313 e. The van der Waals surface area contributed by atoms with E-state index in [1.807, 2.05) is 4.72 Å². The highest BCUT2D eigenvalue weighted by atomic mass is 127.